The highest BCUT2D eigenvalue weighted by Crippen LogP contribution is 2.40. The standard InChI is InChI=1S/C44B28/c45-17-12-9(10-13(29(57)28(12)56)34(62)43(71)42(70)25(10)53)18(46)30(58)15(17)16-31(59)26(54)11(27(55)32(16)60)2-6-3(20(48)37(65)39(67)22(6)50)1(4-7(2)23(51)40(68)38(66)21(4)49)5-8-14(33(61)36(64)19(5)47)35(63)44(72)41(69)24(8)52. The number of hydrogen-bond acceptors (Lipinski definition) is 0. The van der Waals surface area contributed by atoms with Gasteiger partial charge in [-0.3, -0.25) is 0 Å². The van der Waals surface area contributed by atoms with E-state index in [1.807, 2.05) is 0 Å². The van der Waals surface area contributed by atoms with Crippen LogP contribution in [0.4, 0.5) is 0 Å². The van der Waals surface area contributed by atoms with Gasteiger partial charge in [0, 0.05) is 0 Å². The molecule has 9 aromatic carbocycles. The third-order valence-corrected chi connectivity index (χ3v) is 14.1. The molecule has 0 saturated carbocycles. The molecular formula is C44B28. The second-order valence-electron chi connectivity index (χ2n) is 17.6. The summed E-state index contributed by atoms with van der Waals surface area (Å²) < 4.78 is 0. The summed E-state index contributed by atoms with van der Waals surface area (Å²) in [7, 11) is 189. The van der Waals surface area contributed by atoms with Crippen molar-refractivity contribution in [1.82, 2.24) is 0 Å². The lowest BCUT2D eigenvalue weighted by molar-refractivity contribution is 1.83. The molecule has 56 radical (unpaired) electrons. The Labute approximate surface area is 456 Å². The molecule has 9 rings (SSSR count). The van der Waals surface area contributed by atoms with Crippen LogP contribution >= 0.6 is 0 Å². The van der Waals surface area contributed by atoms with Gasteiger partial charge < -0.3 is 0 Å². The summed E-state index contributed by atoms with van der Waals surface area (Å²) >= 11 is 0. The minimum atomic E-state index is -0.278. The Morgan fingerprint density at radius 3 is 0.542 bits per heavy atom. The summed E-state index contributed by atoms with van der Waals surface area (Å²) in [5, 5.41) is 0.573. The fraction of sp³-hybridized carbons (Fsp3) is 0. The first-order chi connectivity index (χ1) is 33.5. The quantitative estimate of drug-likeness (QED) is 0.0945. The van der Waals surface area contributed by atoms with Crippen LogP contribution in [-0.2, 0) is 0 Å². The maximum atomic E-state index is 7.18. The van der Waals surface area contributed by atoms with Gasteiger partial charge in [0.2, 0.25) is 0 Å². The molecule has 260 valence electrons. The first-order valence-electron chi connectivity index (χ1n) is 21.1. The van der Waals surface area contributed by atoms with Gasteiger partial charge in [-0.15, -0.1) is 49.2 Å². The zero-order valence-electron chi connectivity index (χ0n) is 38.2. The van der Waals surface area contributed by atoms with Gasteiger partial charge in [0.25, 0.3) is 0 Å². The van der Waals surface area contributed by atoms with Crippen molar-refractivity contribution >= 4 is 427 Å². The molecule has 0 atom stereocenters. The highest BCUT2D eigenvalue weighted by Gasteiger charge is 2.31. The molecule has 0 bridgehead atoms. The monoisotopic (exact) mass is 836 g/mol. The first kappa shape index (κ1) is 52.9. The molecule has 9 aromatic rings. The van der Waals surface area contributed by atoms with Crippen LogP contribution in [0.25, 0.3) is 87.2 Å². The molecule has 72 heavy (non-hydrogen) atoms. The number of rotatable bonds is 3. The lowest BCUT2D eigenvalue weighted by Gasteiger charge is -2.33. The zero-order valence-corrected chi connectivity index (χ0v) is 38.2. The van der Waals surface area contributed by atoms with Gasteiger partial charge in [0.05, 0.1) is 0 Å². The molecule has 0 heterocycles. The third kappa shape index (κ3) is 6.72. The largest absolute Gasteiger partial charge is 0.115 e. The fourth-order valence-electron chi connectivity index (χ4n) is 10.2. The molecule has 0 unspecified atom stereocenters. The average molecular weight is 831 g/mol. The normalized spacial score (nSPS) is 11.8. The van der Waals surface area contributed by atoms with E-state index < -0.39 is 0 Å². The molecular weight excluding hydrogens is 831 g/mol. The van der Waals surface area contributed by atoms with E-state index in [9.17, 15) is 0 Å². The summed E-state index contributed by atoms with van der Waals surface area (Å²) in [6.07, 6.45) is 0. The predicted octanol–water partition coefficient (Wildman–Crippen LogP) is -21.3. The Kier molecular flexibility index (Phi) is 13.1. The maximum Gasteiger partial charge on any atom is 0.115 e. The molecule has 28 heteroatoms. The Balaban J connectivity index is 1.53. The van der Waals surface area contributed by atoms with Crippen LogP contribution in [0.2, 0.25) is 0 Å². The van der Waals surface area contributed by atoms with Gasteiger partial charge in [-0.05, 0) is 87.2 Å². The predicted molar refractivity (Wildman–Crippen MR) is 341 cm³/mol. The van der Waals surface area contributed by atoms with E-state index in [0.717, 1.165) is 0 Å². The van der Waals surface area contributed by atoms with E-state index >= 15 is 0 Å². The molecule has 0 aromatic heterocycles. The third-order valence-electron chi connectivity index (χ3n) is 14.1. The van der Waals surface area contributed by atoms with Gasteiger partial charge >= 0.3 is 0 Å². The Morgan fingerprint density at radius 1 is 0.0833 bits per heavy atom. The maximum absolute atomic E-state index is 7.18. The molecule has 0 fully saturated rings. The average Bonchev–Trinajstić information content (AvgIpc) is 3.34. The first-order valence-corrected chi connectivity index (χ1v) is 21.1. The van der Waals surface area contributed by atoms with E-state index in [4.69, 9.17) is 220 Å². The highest BCUT2D eigenvalue weighted by molar-refractivity contribution is 6.78. The van der Waals surface area contributed by atoms with Crippen molar-refractivity contribution in [2.75, 3.05) is 0 Å². The topological polar surface area (TPSA) is 0 Å². The van der Waals surface area contributed by atoms with E-state index in [-0.39, 0.29) is 240 Å². The second-order valence-corrected chi connectivity index (χ2v) is 17.6. The summed E-state index contributed by atoms with van der Waals surface area (Å²) in [4.78, 5) is 0. The number of hydrogen-bond donors (Lipinski definition) is 0. The van der Waals surface area contributed by atoms with E-state index in [1.165, 1.54) is 0 Å². The van der Waals surface area contributed by atoms with E-state index in [2.05, 4.69) is 0 Å². The lowest BCUT2D eigenvalue weighted by atomic mass is 9.55. The van der Waals surface area contributed by atoms with Crippen LogP contribution in [0.5, 0.6) is 0 Å². The summed E-state index contributed by atoms with van der Waals surface area (Å²) in [6, 6.07) is 0. The SMILES string of the molecule is [B]c1c([B])c(-c2c3c([B])c([B])c([B])c([B])c3c(-c3c([B])c([B])c([B])c4c([B])c([B])c([B])c([B])c34)c3c([B])c([B])c([B])c([B])c23)c([B])c([B])c1-c1c([B])c([B])c2c(c1[B])c([B])c([B])c1c([B])c([B])c([B])c([B])c12. The summed E-state index contributed by atoms with van der Waals surface area (Å²) in [6.45, 7) is 0. The molecule has 0 saturated heterocycles. The molecule has 0 nitrogen and oxygen atoms in total. The van der Waals surface area contributed by atoms with Crippen LogP contribution in [0, 0.1) is 0 Å². The second kappa shape index (κ2) is 17.9. The van der Waals surface area contributed by atoms with Crippen molar-refractivity contribution in [3.05, 3.63) is 0 Å². The van der Waals surface area contributed by atoms with Crippen molar-refractivity contribution in [2.45, 2.75) is 0 Å². The van der Waals surface area contributed by atoms with Gasteiger partial charge in [0.1, 0.15) is 220 Å². The molecule has 0 N–H and O–H groups in total. The minimum absolute atomic E-state index is 0.00172. The van der Waals surface area contributed by atoms with Crippen LogP contribution in [0.3, 0.4) is 0 Å². The van der Waals surface area contributed by atoms with Crippen LogP contribution in [0.15, 0.2) is 0 Å². The number of fused-ring (bicyclic) bond motifs is 6. The summed E-state index contributed by atoms with van der Waals surface area (Å²) in [5.41, 5.74) is -4.60. The molecule has 0 aliphatic heterocycles. The van der Waals surface area contributed by atoms with Crippen molar-refractivity contribution in [1.29, 1.82) is 0 Å². The Morgan fingerprint density at radius 2 is 0.222 bits per heavy atom. The van der Waals surface area contributed by atoms with Crippen LogP contribution in [0.1, 0.15) is 0 Å². The fourth-order valence-corrected chi connectivity index (χ4v) is 10.2. The zero-order chi connectivity index (χ0) is 53.4. The van der Waals surface area contributed by atoms with E-state index in [0.29, 0.717) is 0 Å². The van der Waals surface area contributed by atoms with Crippen molar-refractivity contribution < 1.29 is 0 Å². The molecule has 0 spiro atoms. The van der Waals surface area contributed by atoms with Gasteiger partial charge in [-0.2, -0.15) is 0 Å². The minimum Gasteiger partial charge on any atom is -0.110 e. The van der Waals surface area contributed by atoms with Gasteiger partial charge in [0.15, 0.2) is 0 Å². The van der Waals surface area contributed by atoms with Crippen molar-refractivity contribution in [2.24, 2.45) is 0 Å². The van der Waals surface area contributed by atoms with Gasteiger partial charge in [-0.25, -0.2) is 0 Å². The van der Waals surface area contributed by atoms with E-state index in [1.54, 1.807) is 0 Å². The number of benzene rings is 9. The summed E-state index contributed by atoms with van der Waals surface area (Å²) in [5.74, 6) is 0. The Hall–Kier alpha value is -3.90. The van der Waals surface area contributed by atoms with Crippen LogP contribution in [-0.4, -0.2) is 220 Å². The lowest BCUT2D eigenvalue weighted by Crippen LogP contribution is -2.53. The molecule has 0 aliphatic carbocycles. The molecule has 0 amide bonds. The van der Waals surface area contributed by atoms with Crippen molar-refractivity contribution in [3.63, 3.8) is 0 Å². The smallest absolute Gasteiger partial charge is 0.110 e. The molecule has 0 aliphatic rings. The Bertz CT molecular complexity index is 4000. The van der Waals surface area contributed by atoms with Crippen molar-refractivity contribution in [3.8, 4) is 33.4 Å². The van der Waals surface area contributed by atoms with Crippen LogP contribution < -0.4 is 153 Å². The van der Waals surface area contributed by atoms with Gasteiger partial charge in [-0.1, -0.05) is 104 Å². The highest BCUT2D eigenvalue weighted by atomic mass is 14.3.